The maximum absolute atomic E-state index is 11.5. The highest BCUT2D eigenvalue weighted by molar-refractivity contribution is 8.05. The molecule has 110 valence electrons. The Kier molecular flexibility index (Phi) is 9.07. The van der Waals surface area contributed by atoms with Gasteiger partial charge in [-0.3, -0.25) is 13.8 Å². The average Bonchev–Trinajstić information content (AvgIpc) is 2.24. The molecule has 19 heavy (non-hydrogen) atoms. The standard InChI is InChI=1S/C10H17ClN2O4S2/c1-6(13-7(2)14)3-18-9(11)5-19(17)4-8(12)10(15)16/h5-6,8H,3-4,12H2,1-2H3,(H,13,14)(H,15,16)/t6-,8+,19?/m1/s1. The molecule has 0 fully saturated rings. The normalized spacial score (nSPS) is 16.5. The molecule has 0 rings (SSSR count). The van der Waals surface area contributed by atoms with Gasteiger partial charge in [-0.15, -0.1) is 11.8 Å². The predicted octanol–water partition coefficient (Wildman–Crippen LogP) is 0.443. The molecule has 0 aromatic heterocycles. The number of amides is 1. The van der Waals surface area contributed by atoms with Crippen molar-refractivity contribution < 1.29 is 18.9 Å². The molecule has 0 aliphatic carbocycles. The third-order valence-electron chi connectivity index (χ3n) is 1.81. The summed E-state index contributed by atoms with van der Waals surface area (Å²) in [5.41, 5.74) is 5.25. The predicted molar refractivity (Wildman–Crippen MR) is 78.3 cm³/mol. The lowest BCUT2D eigenvalue weighted by Gasteiger charge is -2.11. The van der Waals surface area contributed by atoms with Gasteiger partial charge in [0, 0.05) is 34.9 Å². The van der Waals surface area contributed by atoms with E-state index in [-0.39, 0.29) is 22.1 Å². The second kappa shape index (κ2) is 9.35. The Balaban J connectivity index is 4.15. The van der Waals surface area contributed by atoms with E-state index in [1.807, 2.05) is 6.92 Å². The van der Waals surface area contributed by atoms with Crippen LogP contribution in [0.4, 0.5) is 0 Å². The Labute approximate surface area is 123 Å². The molecule has 9 heteroatoms. The van der Waals surface area contributed by atoms with E-state index < -0.39 is 22.8 Å². The molecule has 0 aromatic carbocycles. The highest BCUT2D eigenvalue weighted by Crippen LogP contribution is 2.21. The first-order valence-electron chi connectivity index (χ1n) is 5.35. The van der Waals surface area contributed by atoms with Crippen LogP contribution in [-0.2, 0) is 20.4 Å². The van der Waals surface area contributed by atoms with Gasteiger partial charge >= 0.3 is 5.97 Å². The van der Waals surface area contributed by atoms with E-state index in [2.05, 4.69) is 5.32 Å². The van der Waals surface area contributed by atoms with Gasteiger partial charge in [0.25, 0.3) is 0 Å². The Morgan fingerprint density at radius 1 is 1.58 bits per heavy atom. The lowest BCUT2D eigenvalue weighted by molar-refractivity contribution is -0.137. The van der Waals surface area contributed by atoms with Gasteiger partial charge in [-0.25, -0.2) is 0 Å². The molecule has 0 radical (unpaired) electrons. The molecule has 0 aliphatic heterocycles. The molecular weight excluding hydrogens is 312 g/mol. The van der Waals surface area contributed by atoms with Crippen molar-refractivity contribution >= 4 is 46.0 Å². The van der Waals surface area contributed by atoms with E-state index in [1.165, 1.54) is 24.1 Å². The highest BCUT2D eigenvalue weighted by Gasteiger charge is 2.14. The summed E-state index contributed by atoms with van der Waals surface area (Å²) in [5, 5.41) is 12.5. The monoisotopic (exact) mass is 328 g/mol. The molecule has 6 nitrogen and oxygen atoms in total. The molecule has 4 N–H and O–H groups in total. The van der Waals surface area contributed by atoms with Crippen LogP contribution in [-0.4, -0.2) is 44.8 Å². The number of hydrogen-bond acceptors (Lipinski definition) is 5. The summed E-state index contributed by atoms with van der Waals surface area (Å²) >= 11 is 7.07. The molecule has 1 unspecified atom stereocenters. The van der Waals surface area contributed by atoms with Crippen LogP contribution in [0.3, 0.4) is 0 Å². The number of nitrogens with one attached hydrogen (secondary N) is 1. The fraction of sp³-hybridized carbons (Fsp3) is 0.600. The van der Waals surface area contributed by atoms with Gasteiger partial charge in [0.2, 0.25) is 5.91 Å². The number of rotatable bonds is 8. The van der Waals surface area contributed by atoms with Gasteiger partial charge in [0.05, 0.1) is 10.1 Å². The fourth-order valence-electron chi connectivity index (χ4n) is 1.03. The molecule has 0 saturated carbocycles. The van der Waals surface area contributed by atoms with Gasteiger partial charge in [-0.1, -0.05) is 11.6 Å². The van der Waals surface area contributed by atoms with E-state index in [0.29, 0.717) is 5.75 Å². The van der Waals surface area contributed by atoms with Crippen LogP contribution in [0.25, 0.3) is 0 Å². The number of carbonyl (C=O) groups is 2. The van der Waals surface area contributed by atoms with E-state index >= 15 is 0 Å². The van der Waals surface area contributed by atoms with Crippen molar-refractivity contribution in [1.82, 2.24) is 5.32 Å². The number of carboxylic acid groups (broad SMARTS) is 1. The summed E-state index contributed by atoms with van der Waals surface area (Å²) in [7, 11) is -1.53. The van der Waals surface area contributed by atoms with Crippen molar-refractivity contribution in [3.8, 4) is 0 Å². The molecule has 0 bridgehead atoms. The van der Waals surface area contributed by atoms with E-state index in [9.17, 15) is 13.8 Å². The summed E-state index contributed by atoms with van der Waals surface area (Å²) in [6, 6.07) is -1.25. The first kappa shape index (κ1) is 18.4. The van der Waals surface area contributed by atoms with Crippen molar-refractivity contribution in [2.45, 2.75) is 25.9 Å². The van der Waals surface area contributed by atoms with Gasteiger partial charge < -0.3 is 16.2 Å². The molecule has 0 aliphatic rings. The van der Waals surface area contributed by atoms with Gasteiger partial charge in [-0.2, -0.15) is 0 Å². The number of thioether (sulfide) groups is 1. The Morgan fingerprint density at radius 2 is 2.16 bits per heavy atom. The first-order valence-corrected chi connectivity index (χ1v) is 8.09. The third kappa shape index (κ3) is 9.94. The number of carboxylic acids is 1. The maximum Gasteiger partial charge on any atom is 0.321 e. The van der Waals surface area contributed by atoms with E-state index in [1.54, 1.807) is 0 Å². The third-order valence-corrected chi connectivity index (χ3v) is 4.77. The minimum Gasteiger partial charge on any atom is -0.480 e. The molecule has 1 amide bonds. The van der Waals surface area contributed by atoms with Gasteiger partial charge in [0.1, 0.15) is 6.04 Å². The van der Waals surface area contributed by atoms with Gasteiger partial charge in [-0.05, 0) is 6.92 Å². The van der Waals surface area contributed by atoms with Crippen LogP contribution in [0.5, 0.6) is 0 Å². The molecule has 0 spiro atoms. The molecular formula is C10H17ClN2O4S2. The number of nitrogens with two attached hydrogens (primary N) is 1. The number of hydrogen-bond donors (Lipinski definition) is 3. The van der Waals surface area contributed by atoms with Crippen LogP contribution in [0.1, 0.15) is 13.8 Å². The van der Waals surface area contributed by atoms with Crippen LogP contribution in [0, 0.1) is 0 Å². The minimum atomic E-state index is -1.53. The summed E-state index contributed by atoms with van der Waals surface area (Å²) in [6.07, 6.45) is 0. The van der Waals surface area contributed by atoms with Crippen molar-refractivity contribution in [2.75, 3.05) is 11.5 Å². The SMILES string of the molecule is CC(=O)N[C@H](C)CSC(Cl)=CS(=O)C[C@H](N)C(=O)O. The van der Waals surface area contributed by atoms with Crippen LogP contribution >= 0.6 is 23.4 Å². The summed E-state index contributed by atoms with van der Waals surface area (Å²) < 4.78 is 11.8. The minimum absolute atomic E-state index is 0.0700. The van der Waals surface area contributed by atoms with E-state index in [4.69, 9.17) is 22.4 Å². The summed E-state index contributed by atoms with van der Waals surface area (Å²) in [6.45, 7) is 3.23. The average molecular weight is 329 g/mol. The van der Waals surface area contributed by atoms with Crippen LogP contribution in [0.2, 0.25) is 0 Å². The smallest absolute Gasteiger partial charge is 0.321 e. The lowest BCUT2D eigenvalue weighted by atomic mass is 10.4. The topological polar surface area (TPSA) is 109 Å². The lowest BCUT2D eigenvalue weighted by Crippen LogP contribution is -2.35. The molecule has 0 heterocycles. The first-order chi connectivity index (χ1) is 8.72. The Morgan fingerprint density at radius 3 is 2.63 bits per heavy atom. The molecule has 0 saturated heterocycles. The van der Waals surface area contributed by atoms with Crippen LogP contribution in [0.15, 0.2) is 9.77 Å². The summed E-state index contributed by atoms with van der Waals surface area (Å²) in [5.74, 6) is -1.00. The van der Waals surface area contributed by atoms with E-state index in [0.717, 1.165) is 0 Å². The number of halogens is 1. The highest BCUT2D eigenvalue weighted by atomic mass is 35.5. The van der Waals surface area contributed by atoms with Crippen molar-refractivity contribution in [2.24, 2.45) is 5.73 Å². The quantitative estimate of drug-likeness (QED) is 0.596. The Hall–Kier alpha value is -0.570. The van der Waals surface area contributed by atoms with Crippen molar-refractivity contribution in [1.29, 1.82) is 0 Å². The zero-order valence-corrected chi connectivity index (χ0v) is 13.0. The second-order valence-electron chi connectivity index (χ2n) is 3.83. The molecule has 3 atom stereocenters. The van der Waals surface area contributed by atoms with Crippen LogP contribution < -0.4 is 11.1 Å². The molecule has 0 aromatic rings. The fourth-order valence-corrected chi connectivity index (χ4v) is 3.40. The number of aliphatic carboxylic acids is 1. The zero-order valence-electron chi connectivity index (χ0n) is 10.6. The Bertz CT molecular complexity index is 390. The zero-order chi connectivity index (χ0) is 15.0. The number of carbonyl (C=O) groups excluding carboxylic acids is 1. The maximum atomic E-state index is 11.5. The van der Waals surface area contributed by atoms with Crippen molar-refractivity contribution in [3.63, 3.8) is 0 Å². The second-order valence-corrected chi connectivity index (χ2v) is 6.85. The summed E-state index contributed by atoms with van der Waals surface area (Å²) in [4.78, 5) is 21.3. The van der Waals surface area contributed by atoms with Crippen molar-refractivity contribution in [3.05, 3.63) is 9.77 Å². The largest absolute Gasteiger partial charge is 0.480 e. The van der Waals surface area contributed by atoms with Gasteiger partial charge in [0.15, 0.2) is 0 Å².